The number of rotatable bonds is 4. The highest BCUT2D eigenvalue weighted by Gasteiger charge is 2.29. The van der Waals surface area contributed by atoms with Crippen LogP contribution in [0.25, 0.3) is 0 Å². The van der Waals surface area contributed by atoms with Gasteiger partial charge in [0.1, 0.15) is 0 Å². The summed E-state index contributed by atoms with van der Waals surface area (Å²) in [7, 11) is -2.94. The van der Waals surface area contributed by atoms with E-state index < -0.39 is 9.84 Å². The van der Waals surface area contributed by atoms with E-state index in [1.54, 1.807) is 6.21 Å². The molecule has 1 aliphatic heterocycles. The number of hydrogen-bond acceptors (Lipinski definition) is 4. The monoisotopic (exact) mass is 322 g/mol. The molecule has 0 aromatic heterocycles. The first-order chi connectivity index (χ1) is 10.3. The van der Waals surface area contributed by atoms with Crippen molar-refractivity contribution in [1.82, 2.24) is 5.43 Å². The zero-order valence-electron chi connectivity index (χ0n) is 13.2. The lowest BCUT2D eigenvalue weighted by atomic mass is 10.0. The van der Waals surface area contributed by atoms with Gasteiger partial charge in [-0.2, -0.15) is 5.10 Å². The maximum Gasteiger partial charge on any atom is 0.240 e. The molecule has 0 bridgehead atoms. The van der Waals surface area contributed by atoms with Gasteiger partial charge in [0.25, 0.3) is 0 Å². The van der Waals surface area contributed by atoms with Crippen molar-refractivity contribution >= 4 is 22.0 Å². The van der Waals surface area contributed by atoms with Crippen molar-refractivity contribution in [1.29, 1.82) is 0 Å². The Morgan fingerprint density at radius 3 is 2.59 bits per heavy atom. The molecule has 22 heavy (non-hydrogen) atoms. The van der Waals surface area contributed by atoms with Gasteiger partial charge in [0.05, 0.1) is 17.7 Å². The summed E-state index contributed by atoms with van der Waals surface area (Å²) in [5, 5.41) is 3.98. The first kappa shape index (κ1) is 16.7. The minimum Gasteiger partial charge on any atom is -0.273 e. The number of nitrogens with one attached hydrogen (secondary N) is 1. The standard InChI is InChI=1S/C16H22N2O3S/c1-11-6-13(3)15(7-12(11)2)9-17-18-16(19)8-14-4-5-22(20,21)10-14/h6-7,9,14H,4-5,8,10H2,1-3H3,(H,18,19)/b17-9-/t14-/m0/s1. The van der Waals surface area contributed by atoms with Gasteiger partial charge in [0, 0.05) is 6.42 Å². The van der Waals surface area contributed by atoms with Gasteiger partial charge >= 0.3 is 0 Å². The normalized spacial score (nSPS) is 20.4. The summed E-state index contributed by atoms with van der Waals surface area (Å²) in [5.74, 6) is -0.0143. The number of amides is 1. The lowest BCUT2D eigenvalue weighted by molar-refractivity contribution is -0.121. The second-order valence-corrected chi connectivity index (χ2v) is 8.29. The number of carbonyl (C=O) groups excluding carboxylic acids is 1. The predicted octanol–water partition coefficient (Wildman–Crippen LogP) is 1.89. The van der Waals surface area contributed by atoms with Crippen LogP contribution in [0.1, 0.15) is 35.1 Å². The number of hydrogen-bond donors (Lipinski definition) is 1. The maximum absolute atomic E-state index is 11.8. The zero-order valence-corrected chi connectivity index (χ0v) is 14.0. The van der Waals surface area contributed by atoms with E-state index >= 15 is 0 Å². The minimum absolute atomic E-state index is 0.0800. The van der Waals surface area contributed by atoms with Crippen molar-refractivity contribution < 1.29 is 13.2 Å². The van der Waals surface area contributed by atoms with E-state index in [2.05, 4.69) is 23.5 Å². The van der Waals surface area contributed by atoms with Crippen molar-refractivity contribution in [3.63, 3.8) is 0 Å². The number of hydrazone groups is 1. The third-order valence-corrected chi connectivity index (χ3v) is 5.91. The van der Waals surface area contributed by atoms with Crippen molar-refractivity contribution in [3.8, 4) is 0 Å². The highest BCUT2D eigenvalue weighted by Crippen LogP contribution is 2.21. The summed E-state index contributed by atoms with van der Waals surface area (Å²) in [6, 6.07) is 4.12. The van der Waals surface area contributed by atoms with Crippen LogP contribution >= 0.6 is 0 Å². The van der Waals surface area contributed by atoms with Crippen molar-refractivity contribution in [2.45, 2.75) is 33.6 Å². The van der Waals surface area contributed by atoms with Gasteiger partial charge in [-0.25, -0.2) is 13.8 Å². The molecule has 1 saturated heterocycles. The van der Waals surface area contributed by atoms with Gasteiger partial charge < -0.3 is 0 Å². The fourth-order valence-electron chi connectivity index (χ4n) is 2.64. The summed E-state index contributed by atoms with van der Waals surface area (Å²) < 4.78 is 22.7. The Kier molecular flexibility index (Phi) is 5.01. The van der Waals surface area contributed by atoms with E-state index in [-0.39, 0.29) is 29.8 Å². The molecule has 1 atom stereocenters. The van der Waals surface area contributed by atoms with Gasteiger partial charge in [-0.1, -0.05) is 6.07 Å². The molecule has 1 aromatic carbocycles. The Bertz CT molecular complexity index is 708. The van der Waals surface area contributed by atoms with Gasteiger partial charge in [0.2, 0.25) is 5.91 Å². The molecule has 0 aliphatic carbocycles. The Morgan fingerprint density at radius 1 is 1.27 bits per heavy atom. The number of nitrogens with zero attached hydrogens (tertiary/aromatic N) is 1. The van der Waals surface area contributed by atoms with Crippen LogP contribution in [0.15, 0.2) is 17.2 Å². The van der Waals surface area contributed by atoms with Crippen LogP contribution in [0.4, 0.5) is 0 Å². The fourth-order valence-corrected chi connectivity index (χ4v) is 4.50. The molecule has 2 rings (SSSR count). The molecule has 0 radical (unpaired) electrons. The van der Waals surface area contributed by atoms with Crippen molar-refractivity contribution in [3.05, 3.63) is 34.4 Å². The zero-order chi connectivity index (χ0) is 16.3. The molecule has 1 amide bonds. The highest BCUT2D eigenvalue weighted by molar-refractivity contribution is 7.91. The summed E-state index contributed by atoms with van der Waals surface area (Å²) >= 11 is 0. The molecule has 0 spiro atoms. The van der Waals surface area contributed by atoms with Crippen LogP contribution in [-0.2, 0) is 14.6 Å². The van der Waals surface area contributed by atoms with E-state index in [0.717, 1.165) is 11.1 Å². The first-order valence-corrected chi connectivity index (χ1v) is 9.19. The van der Waals surface area contributed by atoms with E-state index in [4.69, 9.17) is 0 Å². The number of carbonyl (C=O) groups is 1. The second-order valence-electron chi connectivity index (χ2n) is 6.06. The van der Waals surface area contributed by atoms with Crippen LogP contribution in [0.2, 0.25) is 0 Å². The first-order valence-electron chi connectivity index (χ1n) is 7.37. The molecule has 0 saturated carbocycles. The number of sulfone groups is 1. The molecule has 6 heteroatoms. The third-order valence-electron chi connectivity index (χ3n) is 4.08. The lowest BCUT2D eigenvalue weighted by Crippen LogP contribution is -2.21. The van der Waals surface area contributed by atoms with Crippen LogP contribution in [-0.4, -0.2) is 32.0 Å². The molecule has 1 heterocycles. The van der Waals surface area contributed by atoms with E-state index in [9.17, 15) is 13.2 Å². The molecule has 5 nitrogen and oxygen atoms in total. The fraction of sp³-hybridized carbons (Fsp3) is 0.500. The van der Waals surface area contributed by atoms with Gasteiger partial charge in [0.15, 0.2) is 9.84 Å². The lowest BCUT2D eigenvalue weighted by Gasteiger charge is -2.07. The molecule has 1 aliphatic rings. The quantitative estimate of drug-likeness (QED) is 0.679. The Labute approximate surface area is 131 Å². The van der Waals surface area contributed by atoms with Gasteiger partial charge in [-0.05, 0) is 61.4 Å². The average molecular weight is 322 g/mol. The maximum atomic E-state index is 11.8. The Hall–Kier alpha value is -1.69. The van der Waals surface area contributed by atoms with E-state index in [1.165, 1.54) is 11.1 Å². The summed E-state index contributed by atoms with van der Waals surface area (Å²) in [4.78, 5) is 11.8. The average Bonchev–Trinajstić information content (AvgIpc) is 2.74. The van der Waals surface area contributed by atoms with Crippen molar-refractivity contribution in [2.75, 3.05) is 11.5 Å². The third kappa shape index (κ3) is 4.40. The topological polar surface area (TPSA) is 75.6 Å². The summed E-state index contributed by atoms with van der Waals surface area (Å²) in [6.07, 6.45) is 2.41. The Morgan fingerprint density at radius 2 is 1.95 bits per heavy atom. The molecule has 0 unspecified atom stereocenters. The largest absolute Gasteiger partial charge is 0.273 e. The molecule has 1 N–H and O–H groups in total. The minimum atomic E-state index is -2.94. The highest BCUT2D eigenvalue weighted by atomic mass is 32.2. The molecular weight excluding hydrogens is 300 g/mol. The van der Waals surface area contributed by atoms with Crippen LogP contribution in [0.3, 0.4) is 0 Å². The van der Waals surface area contributed by atoms with Crippen molar-refractivity contribution in [2.24, 2.45) is 11.0 Å². The van der Waals surface area contributed by atoms with E-state index in [0.29, 0.717) is 6.42 Å². The molecular formula is C16H22N2O3S. The molecule has 120 valence electrons. The van der Waals surface area contributed by atoms with Crippen LogP contribution in [0.5, 0.6) is 0 Å². The number of aryl methyl sites for hydroxylation is 3. The predicted molar refractivity (Wildman–Crippen MR) is 87.8 cm³/mol. The summed E-state index contributed by atoms with van der Waals surface area (Å²) in [5.41, 5.74) is 6.95. The van der Waals surface area contributed by atoms with Crippen LogP contribution < -0.4 is 5.43 Å². The van der Waals surface area contributed by atoms with Gasteiger partial charge in [-0.15, -0.1) is 0 Å². The van der Waals surface area contributed by atoms with Crippen LogP contribution in [0, 0.1) is 26.7 Å². The number of benzene rings is 1. The second kappa shape index (κ2) is 6.60. The SMILES string of the molecule is Cc1cc(C)c(/C=N\NC(=O)C[C@@H]2CCS(=O)(=O)C2)cc1C. The van der Waals surface area contributed by atoms with E-state index in [1.807, 2.05) is 19.9 Å². The molecule has 1 fully saturated rings. The smallest absolute Gasteiger partial charge is 0.240 e. The Balaban J connectivity index is 1.90. The van der Waals surface area contributed by atoms with Gasteiger partial charge in [-0.3, -0.25) is 4.79 Å². The summed E-state index contributed by atoms with van der Waals surface area (Å²) in [6.45, 7) is 6.09. The molecule has 1 aromatic rings.